The predicted octanol–water partition coefficient (Wildman–Crippen LogP) is 4.10. The van der Waals surface area contributed by atoms with Crippen LogP contribution in [0.2, 0.25) is 5.02 Å². The van der Waals surface area contributed by atoms with E-state index >= 15 is 0 Å². The van der Waals surface area contributed by atoms with Crippen molar-refractivity contribution in [1.29, 1.82) is 0 Å². The number of nitrogens with one attached hydrogen (secondary N) is 1. The topological polar surface area (TPSA) is 84.9 Å². The van der Waals surface area contributed by atoms with Crippen molar-refractivity contribution in [3.05, 3.63) is 47.0 Å². The number of ether oxygens (including phenoxy) is 2. The van der Waals surface area contributed by atoms with E-state index in [1.54, 1.807) is 24.3 Å². The molecule has 0 atom stereocenters. The Balaban J connectivity index is 1.40. The van der Waals surface area contributed by atoms with Crippen LogP contribution in [0.15, 0.2) is 41.3 Å². The number of sulfonamides is 1. The number of carbonyl (C=O) groups is 1. The van der Waals surface area contributed by atoms with E-state index in [0.29, 0.717) is 60.0 Å². The second kappa shape index (κ2) is 9.68. The molecule has 7 nitrogen and oxygen atoms in total. The number of benzene rings is 2. The van der Waals surface area contributed by atoms with Gasteiger partial charge < -0.3 is 14.8 Å². The summed E-state index contributed by atoms with van der Waals surface area (Å²) in [6.07, 6.45) is 2.61. The largest absolute Gasteiger partial charge is 0.489 e. The minimum Gasteiger partial charge on any atom is -0.489 e. The first-order valence-electron chi connectivity index (χ1n) is 10.8. The summed E-state index contributed by atoms with van der Waals surface area (Å²) in [5.41, 5.74) is 1.23. The lowest BCUT2D eigenvalue weighted by Gasteiger charge is -2.29. The third-order valence-corrected chi connectivity index (χ3v) is 7.94. The lowest BCUT2D eigenvalue weighted by atomic mass is 10.0. The van der Waals surface area contributed by atoms with Crippen LogP contribution < -0.4 is 14.8 Å². The molecule has 1 fully saturated rings. The van der Waals surface area contributed by atoms with Gasteiger partial charge in [0.2, 0.25) is 15.9 Å². The Bertz CT molecular complexity index is 1080. The van der Waals surface area contributed by atoms with E-state index < -0.39 is 10.0 Å². The SMILES string of the molecule is CC1CCN(S(=O)(=O)c2ccc(NC(=O)Cc3cc(Cl)c4c(c3)OCCCO4)cc2)CC1. The molecule has 0 bridgehead atoms. The first-order valence-corrected chi connectivity index (χ1v) is 12.6. The van der Waals surface area contributed by atoms with Gasteiger partial charge in [0.25, 0.3) is 0 Å². The van der Waals surface area contributed by atoms with E-state index in [2.05, 4.69) is 12.2 Å². The number of fused-ring (bicyclic) bond motifs is 1. The van der Waals surface area contributed by atoms with Crippen molar-refractivity contribution in [2.75, 3.05) is 31.6 Å². The number of rotatable bonds is 5. The van der Waals surface area contributed by atoms with Crippen molar-refractivity contribution in [3.8, 4) is 11.5 Å². The van der Waals surface area contributed by atoms with Gasteiger partial charge in [-0.2, -0.15) is 4.31 Å². The number of amides is 1. The fourth-order valence-corrected chi connectivity index (χ4v) is 5.62. The summed E-state index contributed by atoms with van der Waals surface area (Å²) >= 11 is 6.30. The second-order valence-electron chi connectivity index (χ2n) is 8.29. The van der Waals surface area contributed by atoms with Gasteiger partial charge in [0.1, 0.15) is 0 Å². The van der Waals surface area contributed by atoms with Crippen LogP contribution in [0.3, 0.4) is 0 Å². The zero-order valence-corrected chi connectivity index (χ0v) is 19.5. The Hall–Kier alpha value is -2.29. The molecule has 4 rings (SSSR count). The molecule has 0 spiro atoms. The van der Waals surface area contributed by atoms with E-state index in [0.717, 1.165) is 19.3 Å². The zero-order valence-electron chi connectivity index (χ0n) is 18.0. The van der Waals surface area contributed by atoms with Crippen molar-refractivity contribution in [2.24, 2.45) is 5.92 Å². The Morgan fingerprint density at radius 2 is 1.81 bits per heavy atom. The molecule has 1 saturated heterocycles. The number of anilines is 1. The Morgan fingerprint density at radius 3 is 2.53 bits per heavy atom. The number of hydrogen-bond donors (Lipinski definition) is 1. The van der Waals surface area contributed by atoms with E-state index in [4.69, 9.17) is 21.1 Å². The fraction of sp³-hybridized carbons (Fsp3) is 0.435. The summed E-state index contributed by atoms with van der Waals surface area (Å²) in [7, 11) is -3.52. The van der Waals surface area contributed by atoms with Gasteiger partial charge in [-0.05, 0) is 60.7 Å². The van der Waals surface area contributed by atoms with Crippen LogP contribution in [-0.4, -0.2) is 44.9 Å². The quantitative estimate of drug-likeness (QED) is 0.699. The summed E-state index contributed by atoms with van der Waals surface area (Å²) in [4.78, 5) is 12.8. The minimum atomic E-state index is -3.52. The highest BCUT2D eigenvalue weighted by Gasteiger charge is 2.28. The van der Waals surface area contributed by atoms with E-state index in [-0.39, 0.29) is 17.2 Å². The van der Waals surface area contributed by atoms with Crippen LogP contribution >= 0.6 is 11.6 Å². The number of nitrogens with zero attached hydrogens (tertiary/aromatic N) is 1. The van der Waals surface area contributed by atoms with Crippen LogP contribution in [0, 0.1) is 5.92 Å². The number of halogens is 1. The predicted molar refractivity (Wildman–Crippen MR) is 123 cm³/mol. The van der Waals surface area contributed by atoms with Gasteiger partial charge in [-0.15, -0.1) is 0 Å². The van der Waals surface area contributed by atoms with Crippen molar-refractivity contribution in [1.82, 2.24) is 4.31 Å². The van der Waals surface area contributed by atoms with Gasteiger partial charge in [-0.3, -0.25) is 4.79 Å². The molecule has 2 aliphatic heterocycles. The number of carbonyl (C=O) groups excluding carboxylic acids is 1. The Labute approximate surface area is 193 Å². The molecule has 9 heteroatoms. The van der Waals surface area contributed by atoms with Crippen LogP contribution in [0.1, 0.15) is 31.7 Å². The lowest BCUT2D eigenvalue weighted by molar-refractivity contribution is -0.115. The maximum absolute atomic E-state index is 12.8. The summed E-state index contributed by atoms with van der Waals surface area (Å²) in [6.45, 7) is 4.29. The van der Waals surface area contributed by atoms with Crippen molar-refractivity contribution in [3.63, 3.8) is 0 Å². The standard InChI is InChI=1S/C23H27ClN2O5S/c1-16-7-9-26(10-8-16)32(28,29)19-5-3-18(4-6-19)25-22(27)15-17-13-20(24)23-21(14-17)30-11-2-12-31-23/h3-6,13-14,16H,2,7-12,15H2,1H3,(H,25,27). The first kappa shape index (κ1) is 22.9. The molecule has 172 valence electrons. The first-order chi connectivity index (χ1) is 15.3. The van der Waals surface area contributed by atoms with Gasteiger partial charge in [0.05, 0.1) is 29.6 Å². The molecule has 2 heterocycles. The molecule has 2 aromatic rings. The molecule has 1 N–H and O–H groups in total. The maximum atomic E-state index is 12.8. The van der Waals surface area contributed by atoms with Crippen LogP contribution in [0.4, 0.5) is 5.69 Å². The Morgan fingerprint density at radius 1 is 1.12 bits per heavy atom. The average Bonchev–Trinajstić information content (AvgIpc) is 3.00. The third-order valence-electron chi connectivity index (χ3n) is 5.75. The number of hydrogen-bond acceptors (Lipinski definition) is 5. The van der Waals surface area contributed by atoms with Gasteiger partial charge in [0.15, 0.2) is 11.5 Å². The van der Waals surface area contributed by atoms with Gasteiger partial charge >= 0.3 is 0 Å². The zero-order chi connectivity index (χ0) is 22.7. The monoisotopic (exact) mass is 478 g/mol. The van der Waals surface area contributed by atoms with Crippen molar-refractivity contribution < 1.29 is 22.7 Å². The molecule has 0 radical (unpaired) electrons. The van der Waals surface area contributed by atoms with E-state index in [9.17, 15) is 13.2 Å². The van der Waals surface area contributed by atoms with Gasteiger partial charge in [-0.1, -0.05) is 18.5 Å². The molecule has 0 unspecified atom stereocenters. The van der Waals surface area contributed by atoms with Crippen LogP contribution in [0.25, 0.3) is 0 Å². The molecule has 2 aromatic carbocycles. The fourth-order valence-electron chi connectivity index (χ4n) is 3.86. The average molecular weight is 479 g/mol. The summed E-state index contributed by atoms with van der Waals surface area (Å²) in [5, 5.41) is 3.21. The van der Waals surface area contributed by atoms with Crippen molar-refractivity contribution >= 4 is 33.2 Å². The van der Waals surface area contributed by atoms with Crippen LogP contribution in [0.5, 0.6) is 11.5 Å². The minimum absolute atomic E-state index is 0.0996. The molecule has 0 saturated carbocycles. The normalized spacial score (nSPS) is 17.6. The molecular weight excluding hydrogens is 452 g/mol. The van der Waals surface area contributed by atoms with E-state index in [1.165, 1.54) is 16.4 Å². The molecule has 32 heavy (non-hydrogen) atoms. The molecular formula is C23H27ClN2O5S. The molecule has 2 aliphatic rings. The molecule has 0 aromatic heterocycles. The Kier molecular flexibility index (Phi) is 6.93. The van der Waals surface area contributed by atoms with Crippen molar-refractivity contribution in [2.45, 2.75) is 37.5 Å². The lowest BCUT2D eigenvalue weighted by Crippen LogP contribution is -2.37. The van der Waals surface area contributed by atoms with Gasteiger partial charge in [0, 0.05) is 25.2 Å². The highest BCUT2D eigenvalue weighted by molar-refractivity contribution is 7.89. The van der Waals surface area contributed by atoms with Gasteiger partial charge in [-0.25, -0.2) is 8.42 Å². The van der Waals surface area contributed by atoms with E-state index in [1.807, 2.05) is 0 Å². The number of piperidine rings is 1. The highest BCUT2D eigenvalue weighted by atomic mass is 35.5. The summed E-state index contributed by atoms with van der Waals surface area (Å²) in [5.74, 6) is 1.36. The molecule has 0 aliphatic carbocycles. The summed E-state index contributed by atoms with van der Waals surface area (Å²) in [6, 6.07) is 9.75. The highest BCUT2D eigenvalue weighted by Crippen LogP contribution is 2.38. The smallest absolute Gasteiger partial charge is 0.243 e. The maximum Gasteiger partial charge on any atom is 0.243 e. The molecule has 1 amide bonds. The summed E-state index contributed by atoms with van der Waals surface area (Å²) < 4.78 is 38.5. The third kappa shape index (κ3) is 5.19. The van der Waals surface area contributed by atoms with Crippen LogP contribution in [-0.2, 0) is 21.2 Å². The second-order valence-corrected chi connectivity index (χ2v) is 10.6.